The van der Waals surface area contributed by atoms with Crippen molar-refractivity contribution < 1.29 is 41.0 Å². The maximum absolute atomic E-state index is 13.4. The van der Waals surface area contributed by atoms with Gasteiger partial charge in [-0.15, -0.1) is 0 Å². The molecule has 2 aliphatic heterocycles. The summed E-state index contributed by atoms with van der Waals surface area (Å²) in [6, 6.07) is 12.6. The maximum atomic E-state index is 13.4. The van der Waals surface area contributed by atoms with Gasteiger partial charge in [0.2, 0.25) is 15.9 Å². The molecule has 4 rings (SSSR count). The van der Waals surface area contributed by atoms with Crippen molar-refractivity contribution in [2.24, 2.45) is 5.41 Å². The van der Waals surface area contributed by atoms with Crippen LogP contribution in [0, 0.1) is 5.41 Å². The van der Waals surface area contributed by atoms with Gasteiger partial charge in [-0.25, -0.2) is 13.2 Å². The molecular formula is C24H29F3N4O6S. The second kappa shape index (κ2) is 12.1. The van der Waals surface area contributed by atoms with Gasteiger partial charge < -0.3 is 15.2 Å². The predicted octanol–water partition coefficient (Wildman–Crippen LogP) is 2.13. The fourth-order valence-corrected chi connectivity index (χ4v) is 5.89. The molecule has 0 unspecified atom stereocenters. The molecule has 1 fully saturated rings. The van der Waals surface area contributed by atoms with Gasteiger partial charge in [-0.05, 0) is 50.2 Å². The molecule has 2 aliphatic rings. The van der Waals surface area contributed by atoms with Crippen molar-refractivity contribution in [3.05, 3.63) is 54.4 Å². The van der Waals surface area contributed by atoms with E-state index in [1.54, 1.807) is 24.4 Å². The molecule has 1 aromatic carbocycles. The first-order valence-electron chi connectivity index (χ1n) is 11.7. The molecule has 1 aromatic heterocycles. The van der Waals surface area contributed by atoms with Crippen molar-refractivity contribution in [1.82, 2.24) is 19.5 Å². The minimum atomic E-state index is -5.08. The highest BCUT2D eigenvalue weighted by Crippen LogP contribution is 2.39. The van der Waals surface area contributed by atoms with Crippen molar-refractivity contribution in [3.8, 4) is 5.75 Å². The summed E-state index contributed by atoms with van der Waals surface area (Å²) in [5.41, 5.74) is 0.667. The molecule has 1 spiro atoms. The first kappa shape index (κ1) is 29.3. The van der Waals surface area contributed by atoms with Crippen LogP contribution in [0.5, 0.6) is 5.75 Å². The highest BCUT2D eigenvalue weighted by Gasteiger charge is 2.43. The first-order chi connectivity index (χ1) is 17.9. The third kappa shape index (κ3) is 7.42. The number of likely N-dealkylation sites (N-methyl/N-ethyl adjacent to an activating group) is 1. The van der Waals surface area contributed by atoms with Crippen molar-refractivity contribution in [2.45, 2.75) is 30.5 Å². The molecule has 2 aromatic rings. The van der Waals surface area contributed by atoms with E-state index in [-0.39, 0.29) is 29.3 Å². The maximum Gasteiger partial charge on any atom is 0.490 e. The van der Waals surface area contributed by atoms with Crippen LogP contribution in [0.2, 0.25) is 0 Å². The fraction of sp³-hybridized carbons (Fsp3) is 0.458. The molecule has 0 atom stereocenters. The van der Waals surface area contributed by atoms with Gasteiger partial charge >= 0.3 is 12.1 Å². The van der Waals surface area contributed by atoms with E-state index in [1.165, 1.54) is 17.4 Å². The molecule has 0 aliphatic carbocycles. The Bertz CT molecular complexity index is 1220. The van der Waals surface area contributed by atoms with E-state index in [1.807, 2.05) is 18.2 Å². The average Bonchev–Trinajstić information content (AvgIpc) is 2.88. The number of benzene rings is 1. The third-order valence-electron chi connectivity index (χ3n) is 6.38. The zero-order valence-electron chi connectivity index (χ0n) is 20.6. The van der Waals surface area contributed by atoms with E-state index in [4.69, 9.17) is 14.6 Å². The van der Waals surface area contributed by atoms with Gasteiger partial charge in [-0.2, -0.15) is 17.5 Å². The molecule has 3 heterocycles. The number of para-hydroxylation sites is 1. The number of pyridine rings is 1. The number of halogens is 3. The molecule has 1 amide bonds. The Morgan fingerprint density at radius 1 is 1.13 bits per heavy atom. The lowest BCUT2D eigenvalue weighted by molar-refractivity contribution is -0.192. The second-order valence-electron chi connectivity index (χ2n) is 9.08. The van der Waals surface area contributed by atoms with Gasteiger partial charge in [0.25, 0.3) is 0 Å². The Morgan fingerprint density at radius 2 is 1.76 bits per heavy atom. The van der Waals surface area contributed by atoms with Gasteiger partial charge in [0.15, 0.2) is 0 Å². The van der Waals surface area contributed by atoms with Gasteiger partial charge in [0.05, 0.1) is 18.8 Å². The SMILES string of the molecule is CNC(=O)CN1CC2(CCN(Cc3ccccn3)CC2)COc2ccccc2S1(=O)=O.O=C(O)C(F)(F)F. The zero-order valence-corrected chi connectivity index (χ0v) is 21.5. The van der Waals surface area contributed by atoms with Crippen LogP contribution in [0.3, 0.4) is 0 Å². The monoisotopic (exact) mass is 558 g/mol. The topological polar surface area (TPSA) is 129 Å². The first-order valence-corrected chi connectivity index (χ1v) is 13.2. The summed E-state index contributed by atoms with van der Waals surface area (Å²) >= 11 is 0. The van der Waals surface area contributed by atoms with Crippen molar-refractivity contribution in [1.29, 1.82) is 0 Å². The number of aliphatic carboxylic acids is 1. The van der Waals surface area contributed by atoms with E-state index in [0.29, 0.717) is 12.4 Å². The highest BCUT2D eigenvalue weighted by atomic mass is 32.2. The number of amides is 1. The van der Waals surface area contributed by atoms with Crippen LogP contribution in [-0.2, 0) is 26.2 Å². The number of rotatable bonds is 4. The Hall–Kier alpha value is -3.23. The summed E-state index contributed by atoms with van der Waals surface area (Å²) in [4.78, 5) is 27.9. The number of carbonyl (C=O) groups excluding carboxylic acids is 1. The van der Waals surface area contributed by atoms with Gasteiger partial charge in [-0.1, -0.05) is 18.2 Å². The third-order valence-corrected chi connectivity index (χ3v) is 8.21. The molecule has 2 N–H and O–H groups in total. The van der Waals surface area contributed by atoms with Crippen LogP contribution in [0.4, 0.5) is 13.2 Å². The van der Waals surface area contributed by atoms with Crippen LogP contribution in [0.25, 0.3) is 0 Å². The van der Waals surface area contributed by atoms with E-state index < -0.39 is 22.2 Å². The number of aromatic nitrogens is 1. The number of nitrogens with zero attached hydrogens (tertiary/aromatic N) is 3. The molecular weight excluding hydrogens is 529 g/mol. The quantitative estimate of drug-likeness (QED) is 0.584. The molecule has 14 heteroatoms. The molecule has 208 valence electrons. The van der Waals surface area contributed by atoms with Crippen LogP contribution in [-0.4, -0.2) is 85.6 Å². The number of sulfonamides is 1. The van der Waals surface area contributed by atoms with Crippen LogP contribution in [0.1, 0.15) is 18.5 Å². The number of carboxylic acids is 1. The smallest absolute Gasteiger partial charge is 0.490 e. The number of alkyl halides is 3. The molecule has 10 nitrogen and oxygen atoms in total. The van der Waals surface area contributed by atoms with Gasteiger partial charge in [0.1, 0.15) is 10.6 Å². The molecule has 38 heavy (non-hydrogen) atoms. The fourth-order valence-electron chi connectivity index (χ4n) is 4.25. The number of carbonyl (C=O) groups is 2. The Labute approximate surface area is 218 Å². The van der Waals surface area contributed by atoms with E-state index >= 15 is 0 Å². The van der Waals surface area contributed by atoms with Crippen LogP contribution >= 0.6 is 0 Å². The average molecular weight is 559 g/mol. The number of hydrogen-bond acceptors (Lipinski definition) is 7. The number of ether oxygens (including phenoxy) is 1. The van der Waals surface area contributed by atoms with Gasteiger partial charge in [-0.3, -0.25) is 14.7 Å². The number of hydrogen-bond donors (Lipinski definition) is 2. The minimum absolute atomic E-state index is 0.112. The number of nitrogens with one attached hydrogen (secondary N) is 1. The van der Waals surface area contributed by atoms with E-state index in [9.17, 15) is 26.4 Å². The minimum Gasteiger partial charge on any atom is -0.492 e. The lowest BCUT2D eigenvalue weighted by Crippen LogP contribution is -2.53. The van der Waals surface area contributed by atoms with Crippen LogP contribution in [0.15, 0.2) is 53.6 Å². The molecule has 0 saturated carbocycles. The van der Waals surface area contributed by atoms with Crippen LogP contribution < -0.4 is 10.1 Å². The molecule has 0 bridgehead atoms. The summed E-state index contributed by atoms with van der Waals surface area (Å²) in [5.74, 6) is -2.74. The lowest BCUT2D eigenvalue weighted by Gasteiger charge is -2.44. The lowest BCUT2D eigenvalue weighted by atomic mass is 9.78. The zero-order chi connectivity index (χ0) is 28.0. The summed E-state index contributed by atoms with van der Waals surface area (Å²) < 4.78 is 65.9. The number of carboxylic acid groups (broad SMARTS) is 1. The Kier molecular flexibility index (Phi) is 9.33. The van der Waals surface area contributed by atoms with Crippen molar-refractivity contribution in [3.63, 3.8) is 0 Å². The van der Waals surface area contributed by atoms with Crippen molar-refractivity contribution in [2.75, 3.05) is 39.8 Å². The normalized spacial score (nSPS) is 19.1. The number of likely N-dealkylation sites (tertiary alicyclic amines) is 1. The Balaban J connectivity index is 0.000000505. The summed E-state index contributed by atoms with van der Waals surface area (Å²) in [7, 11) is -2.35. The van der Waals surface area contributed by atoms with Gasteiger partial charge in [0, 0.05) is 31.7 Å². The Morgan fingerprint density at radius 3 is 2.34 bits per heavy atom. The number of piperidine rings is 1. The standard InChI is InChI=1S/C22H28N4O4S.C2HF3O2/c1-23-21(27)15-26-16-22(17-30-19-7-2-3-8-20(19)31(26,28)29)9-12-25(13-10-22)14-18-6-4-5-11-24-18;3-2(4,5)1(6)7/h2-8,11H,9-10,12-17H2,1H3,(H,23,27);(H,6,7). The largest absolute Gasteiger partial charge is 0.492 e. The summed E-state index contributed by atoms with van der Waals surface area (Å²) in [5, 5.41) is 9.67. The van der Waals surface area contributed by atoms with Crippen molar-refractivity contribution >= 4 is 21.9 Å². The summed E-state index contributed by atoms with van der Waals surface area (Å²) in [6.07, 6.45) is -1.73. The van der Waals surface area contributed by atoms with E-state index in [2.05, 4.69) is 15.2 Å². The van der Waals surface area contributed by atoms with E-state index in [0.717, 1.165) is 38.2 Å². The summed E-state index contributed by atoms with van der Waals surface area (Å²) in [6.45, 7) is 2.87. The predicted molar refractivity (Wildman–Crippen MR) is 130 cm³/mol. The number of fused-ring (bicyclic) bond motifs is 1. The highest BCUT2D eigenvalue weighted by molar-refractivity contribution is 7.89. The molecule has 0 radical (unpaired) electrons. The molecule has 1 saturated heterocycles. The second-order valence-corrected chi connectivity index (χ2v) is 11.0.